The number of aromatic nitrogens is 2. The van der Waals surface area contributed by atoms with Crippen LogP contribution in [0.25, 0.3) is 5.52 Å². The van der Waals surface area contributed by atoms with Crippen molar-refractivity contribution >= 4 is 17.1 Å². The summed E-state index contributed by atoms with van der Waals surface area (Å²) in [5, 5.41) is 4.17. The highest BCUT2D eigenvalue weighted by Crippen LogP contribution is 2.35. The van der Waals surface area contributed by atoms with Gasteiger partial charge in [0.1, 0.15) is 5.52 Å². The van der Waals surface area contributed by atoms with Crippen LogP contribution in [0, 0.1) is 5.82 Å². The van der Waals surface area contributed by atoms with Gasteiger partial charge in [-0.2, -0.15) is 5.10 Å². The number of alkyl halides is 2. The number of amides is 1. The summed E-state index contributed by atoms with van der Waals surface area (Å²) in [7, 11) is 0. The lowest BCUT2D eigenvalue weighted by Crippen LogP contribution is -2.39. The van der Waals surface area contributed by atoms with Crippen molar-refractivity contribution in [2.75, 3.05) is 18.0 Å². The first-order valence-electron chi connectivity index (χ1n) is 8.70. The fourth-order valence-electron chi connectivity index (χ4n) is 3.19. The maximum atomic E-state index is 14.3. The van der Waals surface area contributed by atoms with Crippen molar-refractivity contribution in [2.24, 2.45) is 5.73 Å². The highest BCUT2D eigenvalue weighted by molar-refractivity contribution is 5.92. The summed E-state index contributed by atoms with van der Waals surface area (Å²) in [6.07, 6.45) is 2.81. The van der Waals surface area contributed by atoms with Crippen molar-refractivity contribution in [1.82, 2.24) is 9.61 Å². The molecule has 0 radical (unpaired) electrons. The third-order valence-corrected chi connectivity index (χ3v) is 4.75. The van der Waals surface area contributed by atoms with Gasteiger partial charge in [0.05, 0.1) is 18.1 Å². The zero-order valence-corrected chi connectivity index (χ0v) is 14.7. The molecule has 0 unspecified atom stereocenters. The zero-order chi connectivity index (χ0) is 19.9. The molecule has 9 heteroatoms. The van der Waals surface area contributed by atoms with E-state index in [1.54, 1.807) is 29.0 Å². The summed E-state index contributed by atoms with van der Waals surface area (Å²) in [4.78, 5) is 13.0. The van der Waals surface area contributed by atoms with E-state index in [-0.39, 0.29) is 37.2 Å². The van der Waals surface area contributed by atoms with E-state index in [9.17, 15) is 18.0 Å². The number of fused-ring (bicyclic) bond motifs is 1. The normalized spacial score (nSPS) is 16.3. The molecule has 0 spiro atoms. The summed E-state index contributed by atoms with van der Waals surface area (Å²) < 4.78 is 48.5. The van der Waals surface area contributed by atoms with Crippen LogP contribution >= 0.6 is 0 Å². The maximum Gasteiger partial charge on any atom is 0.251 e. The number of pyridine rings is 1. The molecule has 2 aromatic heterocycles. The van der Waals surface area contributed by atoms with Crippen molar-refractivity contribution in [1.29, 1.82) is 0 Å². The molecule has 146 valence electrons. The molecular formula is C19H17F3N4O2. The summed E-state index contributed by atoms with van der Waals surface area (Å²) >= 11 is 0. The second kappa shape index (κ2) is 6.74. The number of ether oxygens (including phenoxy) is 1. The molecule has 1 fully saturated rings. The van der Waals surface area contributed by atoms with Crippen LogP contribution in [0.3, 0.4) is 0 Å². The summed E-state index contributed by atoms with van der Waals surface area (Å²) in [6.45, 7) is 0.391. The fraction of sp³-hybridized carbons (Fsp3) is 0.263. The Hall–Kier alpha value is -3.23. The fourth-order valence-corrected chi connectivity index (χ4v) is 3.19. The molecule has 1 aromatic carbocycles. The van der Waals surface area contributed by atoms with Crippen LogP contribution in [-0.2, 0) is 0 Å². The Morgan fingerprint density at radius 1 is 1.14 bits per heavy atom. The number of hydrogen-bond acceptors (Lipinski definition) is 4. The van der Waals surface area contributed by atoms with Crippen LogP contribution in [0.1, 0.15) is 23.2 Å². The summed E-state index contributed by atoms with van der Waals surface area (Å²) in [5.74, 6) is -3.91. The van der Waals surface area contributed by atoms with Crippen LogP contribution < -0.4 is 15.4 Å². The smallest absolute Gasteiger partial charge is 0.251 e. The third kappa shape index (κ3) is 3.47. The Labute approximate surface area is 158 Å². The minimum absolute atomic E-state index is 0.0299. The van der Waals surface area contributed by atoms with E-state index in [2.05, 4.69) is 5.10 Å². The molecular weight excluding hydrogens is 373 g/mol. The topological polar surface area (TPSA) is 72.9 Å². The van der Waals surface area contributed by atoms with Gasteiger partial charge in [-0.1, -0.05) is 0 Å². The Bertz CT molecular complexity index is 1040. The predicted molar refractivity (Wildman–Crippen MR) is 96.6 cm³/mol. The SMILES string of the molecule is NC(=O)c1ccc(Oc2cc(N3CCC(F)(F)CC3)cn3nccc23)c(F)c1. The van der Waals surface area contributed by atoms with E-state index in [0.717, 1.165) is 6.07 Å². The Balaban J connectivity index is 1.67. The lowest BCUT2D eigenvalue weighted by atomic mass is 10.1. The van der Waals surface area contributed by atoms with Gasteiger partial charge in [0.15, 0.2) is 17.3 Å². The van der Waals surface area contributed by atoms with E-state index in [0.29, 0.717) is 17.0 Å². The van der Waals surface area contributed by atoms with Crippen LogP contribution in [0.15, 0.2) is 42.7 Å². The van der Waals surface area contributed by atoms with Gasteiger partial charge in [0.2, 0.25) is 5.91 Å². The van der Waals surface area contributed by atoms with Crippen LogP contribution in [-0.4, -0.2) is 34.5 Å². The van der Waals surface area contributed by atoms with Gasteiger partial charge in [-0.3, -0.25) is 4.79 Å². The lowest BCUT2D eigenvalue weighted by molar-refractivity contribution is -0.0220. The van der Waals surface area contributed by atoms with Gasteiger partial charge in [-0.05, 0) is 24.3 Å². The minimum atomic E-state index is -2.66. The Morgan fingerprint density at radius 3 is 2.57 bits per heavy atom. The molecule has 0 aliphatic carbocycles. The first-order valence-corrected chi connectivity index (χ1v) is 8.70. The molecule has 0 atom stereocenters. The molecule has 28 heavy (non-hydrogen) atoms. The van der Waals surface area contributed by atoms with Gasteiger partial charge >= 0.3 is 0 Å². The van der Waals surface area contributed by atoms with E-state index in [4.69, 9.17) is 10.5 Å². The average Bonchev–Trinajstić information content (AvgIpc) is 3.12. The van der Waals surface area contributed by atoms with Crippen molar-refractivity contribution in [2.45, 2.75) is 18.8 Å². The lowest BCUT2D eigenvalue weighted by Gasteiger charge is -2.33. The predicted octanol–water partition coefficient (Wildman–Crippen LogP) is 3.60. The number of hydrogen-bond donors (Lipinski definition) is 1. The molecule has 3 aromatic rings. The van der Waals surface area contributed by atoms with E-state index >= 15 is 0 Å². The molecule has 1 aliphatic heterocycles. The van der Waals surface area contributed by atoms with Gasteiger partial charge in [0, 0.05) is 37.6 Å². The van der Waals surface area contributed by atoms with Gasteiger partial charge in [-0.15, -0.1) is 0 Å². The molecule has 4 rings (SSSR count). The van der Waals surface area contributed by atoms with Crippen molar-refractivity contribution < 1.29 is 22.7 Å². The molecule has 0 saturated carbocycles. The first-order chi connectivity index (χ1) is 13.3. The van der Waals surface area contributed by atoms with Gasteiger partial charge < -0.3 is 15.4 Å². The second-order valence-electron chi connectivity index (χ2n) is 6.68. The number of piperidine rings is 1. The molecule has 0 bridgehead atoms. The molecule has 6 nitrogen and oxygen atoms in total. The number of halogens is 3. The number of rotatable bonds is 4. The second-order valence-corrected chi connectivity index (χ2v) is 6.68. The largest absolute Gasteiger partial charge is 0.452 e. The molecule has 3 heterocycles. The minimum Gasteiger partial charge on any atom is -0.452 e. The van der Waals surface area contributed by atoms with Crippen molar-refractivity contribution in [3.63, 3.8) is 0 Å². The standard InChI is InChI=1S/C19H17F3N4O2/c20-14-9-12(18(23)27)1-2-16(14)28-17-10-13(11-26-15(17)3-6-24-26)25-7-4-19(21,22)5-8-25/h1-3,6,9-11H,4-5,7-8H2,(H2,23,27). The van der Waals surface area contributed by atoms with Crippen LogP contribution in [0.4, 0.5) is 18.9 Å². The third-order valence-electron chi connectivity index (χ3n) is 4.75. The maximum absolute atomic E-state index is 14.3. The zero-order valence-electron chi connectivity index (χ0n) is 14.7. The number of benzene rings is 1. The number of anilines is 1. The molecule has 2 N–H and O–H groups in total. The average molecular weight is 390 g/mol. The Morgan fingerprint density at radius 2 is 1.89 bits per heavy atom. The van der Waals surface area contributed by atoms with Gasteiger partial charge in [-0.25, -0.2) is 17.7 Å². The summed E-state index contributed by atoms with van der Waals surface area (Å²) in [5.41, 5.74) is 6.42. The molecule has 1 aliphatic rings. The Kier molecular flexibility index (Phi) is 4.37. The number of carbonyl (C=O) groups is 1. The van der Waals surface area contributed by atoms with Crippen LogP contribution in [0.2, 0.25) is 0 Å². The first kappa shape index (κ1) is 18.1. The monoisotopic (exact) mass is 390 g/mol. The highest BCUT2D eigenvalue weighted by Gasteiger charge is 2.34. The number of nitrogens with two attached hydrogens (primary N) is 1. The molecule has 1 amide bonds. The summed E-state index contributed by atoms with van der Waals surface area (Å²) in [6, 6.07) is 7.05. The highest BCUT2D eigenvalue weighted by atomic mass is 19.3. The number of nitrogens with zero attached hydrogens (tertiary/aromatic N) is 3. The quantitative estimate of drug-likeness (QED) is 0.739. The van der Waals surface area contributed by atoms with Crippen molar-refractivity contribution in [3.8, 4) is 11.5 Å². The van der Waals surface area contributed by atoms with E-state index in [1.165, 1.54) is 12.1 Å². The number of primary amides is 1. The number of carbonyl (C=O) groups excluding carboxylic acids is 1. The molecule has 1 saturated heterocycles. The van der Waals surface area contributed by atoms with E-state index in [1.807, 2.05) is 4.90 Å². The van der Waals surface area contributed by atoms with Crippen molar-refractivity contribution in [3.05, 3.63) is 54.1 Å². The van der Waals surface area contributed by atoms with Crippen LogP contribution in [0.5, 0.6) is 11.5 Å². The van der Waals surface area contributed by atoms with E-state index < -0.39 is 17.6 Å². The van der Waals surface area contributed by atoms with Gasteiger partial charge in [0.25, 0.3) is 5.92 Å².